The average molecular weight is 550 g/mol. The molecule has 1 aromatic carbocycles. The first-order chi connectivity index (χ1) is 13.5. The zero-order valence-electron chi connectivity index (χ0n) is 18.1. The second kappa shape index (κ2) is 7.95. The van der Waals surface area contributed by atoms with Gasteiger partial charge in [-0.15, -0.1) is 0 Å². The molecule has 3 aliphatic rings. The standard InChI is InChI=1S/C24H25Si.2CH3.Hf/c1-5-17-15-19-10-8-12-22(25(3)4)16(2)23(19)24(17)21-14-13-18-9-6-7-11-20(18)21;;;/h6-14,16,21H,5H2,1-4H3;2*1H3;. The Hall–Kier alpha value is -1.12. The minimum absolute atomic E-state index is 0.429. The molecule has 2 atom stereocenters. The summed E-state index contributed by atoms with van der Waals surface area (Å²) < 4.78 is 6.96. The van der Waals surface area contributed by atoms with Crippen LogP contribution in [0.5, 0.6) is 0 Å². The van der Waals surface area contributed by atoms with Crippen molar-refractivity contribution >= 4 is 19.7 Å². The number of hydrogen-bond acceptors (Lipinski definition) is 0. The molecule has 0 radical (unpaired) electrons. The van der Waals surface area contributed by atoms with Gasteiger partial charge in [0.1, 0.15) is 0 Å². The maximum atomic E-state index is 2.58. The summed E-state index contributed by atoms with van der Waals surface area (Å²) in [6.07, 6.45) is 13.2. The molecule has 0 spiro atoms. The molecule has 0 amide bonds. The van der Waals surface area contributed by atoms with Gasteiger partial charge in [-0.1, -0.05) is 0 Å². The third-order valence-electron chi connectivity index (χ3n) is 6.46. The van der Waals surface area contributed by atoms with Crippen molar-refractivity contribution in [3.63, 3.8) is 0 Å². The van der Waals surface area contributed by atoms with Crippen LogP contribution in [0.4, 0.5) is 0 Å². The molecular formula is C26H31HfSi. The summed E-state index contributed by atoms with van der Waals surface area (Å²) in [4.78, 5) is 0. The molecular weight excluding hydrogens is 519 g/mol. The van der Waals surface area contributed by atoms with E-state index < -0.39 is 29.8 Å². The van der Waals surface area contributed by atoms with Crippen LogP contribution in [0.2, 0.25) is 22.5 Å². The predicted octanol–water partition coefficient (Wildman–Crippen LogP) is 7.13. The summed E-state index contributed by atoms with van der Waals surface area (Å²) in [5.41, 5.74) is 9.54. The van der Waals surface area contributed by atoms with E-state index in [1.807, 2.05) is 0 Å². The summed E-state index contributed by atoms with van der Waals surface area (Å²) in [5, 5.41) is 1.68. The molecule has 0 bridgehead atoms. The molecule has 3 aliphatic carbocycles. The van der Waals surface area contributed by atoms with Gasteiger partial charge in [0.05, 0.1) is 0 Å². The monoisotopic (exact) mass is 551 g/mol. The number of benzene rings is 1. The summed E-state index contributed by atoms with van der Waals surface area (Å²) in [5.74, 6) is 0.966. The first-order valence-corrected chi connectivity index (χ1v) is 22.1. The van der Waals surface area contributed by atoms with Gasteiger partial charge < -0.3 is 0 Å². The van der Waals surface area contributed by atoms with Crippen LogP contribution in [-0.2, 0) is 21.4 Å². The van der Waals surface area contributed by atoms with E-state index in [1.165, 1.54) is 11.1 Å². The number of fused-ring (bicyclic) bond motifs is 2. The van der Waals surface area contributed by atoms with Gasteiger partial charge in [0.25, 0.3) is 0 Å². The van der Waals surface area contributed by atoms with Crippen LogP contribution in [0, 0.1) is 5.92 Å². The van der Waals surface area contributed by atoms with E-state index in [1.54, 1.807) is 30.8 Å². The van der Waals surface area contributed by atoms with Crippen molar-refractivity contribution in [3.8, 4) is 0 Å². The first kappa shape index (κ1) is 20.2. The fraction of sp³-hybridized carbons (Fsp3) is 0.346. The molecule has 0 aromatic heterocycles. The summed E-state index contributed by atoms with van der Waals surface area (Å²) in [6.45, 7) is 9.75. The number of allylic oxidation sites excluding steroid dienone is 9. The fourth-order valence-electron chi connectivity index (χ4n) is 5.32. The molecule has 2 unspecified atom stereocenters. The second-order valence-corrected chi connectivity index (χ2v) is 20.2. The Balaban J connectivity index is 2.00. The number of rotatable bonds is 3. The molecule has 1 aromatic rings. The van der Waals surface area contributed by atoms with Gasteiger partial charge in [-0.3, -0.25) is 0 Å². The Bertz CT molecular complexity index is 1010. The first-order valence-electron chi connectivity index (χ1n) is 10.6. The normalized spacial score (nSPS) is 23.1. The van der Waals surface area contributed by atoms with E-state index in [4.69, 9.17) is 0 Å². The Morgan fingerprint density at radius 3 is 2.46 bits per heavy atom. The van der Waals surface area contributed by atoms with Crippen LogP contribution in [0.3, 0.4) is 0 Å². The Kier molecular flexibility index (Phi) is 5.73. The van der Waals surface area contributed by atoms with E-state index in [0.29, 0.717) is 11.8 Å². The van der Waals surface area contributed by atoms with E-state index >= 15 is 0 Å². The minimum atomic E-state index is -1.74. The van der Waals surface area contributed by atoms with Crippen molar-refractivity contribution in [2.45, 2.75) is 48.6 Å². The molecule has 0 saturated heterocycles. The van der Waals surface area contributed by atoms with Crippen molar-refractivity contribution in [1.82, 2.24) is 0 Å². The predicted molar refractivity (Wildman–Crippen MR) is 123 cm³/mol. The van der Waals surface area contributed by atoms with E-state index in [-0.39, 0.29) is 0 Å². The van der Waals surface area contributed by atoms with Crippen molar-refractivity contribution in [3.05, 3.63) is 85.3 Å². The fourth-order valence-corrected chi connectivity index (χ4v) is 12.8. The van der Waals surface area contributed by atoms with Crippen LogP contribution in [-0.4, -0.2) is 13.6 Å². The maximum absolute atomic E-state index is 2.58. The number of hydrogen-bond donors (Lipinski definition) is 0. The summed E-state index contributed by atoms with van der Waals surface area (Å²) in [7, 11) is -0.469. The van der Waals surface area contributed by atoms with Crippen molar-refractivity contribution < 1.29 is 21.4 Å². The molecule has 0 saturated carbocycles. The van der Waals surface area contributed by atoms with E-state index in [2.05, 4.69) is 90.9 Å². The van der Waals surface area contributed by atoms with Gasteiger partial charge in [0.2, 0.25) is 0 Å². The third kappa shape index (κ3) is 3.17. The molecule has 0 N–H and O–H groups in total. The Labute approximate surface area is 180 Å². The molecule has 0 aliphatic heterocycles. The van der Waals surface area contributed by atoms with Crippen molar-refractivity contribution in [2.75, 3.05) is 0 Å². The van der Waals surface area contributed by atoms with Crippen LogP contribution < -0.4 is 0 Å². The van der Waals surface area contributed by atoms with Gasteiger partial charge in [-0.05, 0) is 0 Å². The molecule has 0 nitrogen and oxygen atoms in total. The van der Waals surface area contributed by atoms with Crippen molar-refractivity contribution in [2.24, 2.45) is 5.92 Å². The van der Waals surface area contributed by atoms with Gasteiger partial charge in [-0.25, -0.2) is 0 Å². The van der Waals surface area contributed by atoms with Crippen LogP contribution in [0.15, 0.2) is 74.2 Å². The Morgan fingerprint density at radius 2 is 1.79 bits per heavy atom. The molecule has 143 valence electrons. The van der Waals surface area contributed by atoms with E-state index in [0.717, 1.165) is 6.42 Å². The summed E-state index contributed by atoms with van der Waals surface area (Å²) >= 11 is -1.74. The summed E-state index contributed by atoms with van der Waals surface area (Å²) in [6, 6.07) is 9.00. The van der Waals surface area contributed by atoms with Crippen LogP contribution in [0.1, 0.15) is 37.3 Å². The molecule has 2 heteroatoms. The molecule has 0 fully saturated rings. The zero-order valence-corrected chi connectivity index (χ0v) is 22.7. The van der Waals surface area contributed by atoms with Gasteiger partial charge in [0.15, 0.2) is 0 Å². The molecule has 4 rings (SSSR count). The third-order valence-corrected chi connectivity index (χ3v) is 13.9. The molecule has 28 heavy (non-hydrogen) atoms. The quantitative estimate of drug-likeness (QED) is 0.352. The zero-order chi connectivity index (χ0) is 20.0. The van der Waals surface area contributed by atoms with E-state index in [9.17, 15) is 0 Å². The van der Waals surface area contributed by atoms with Gasteiger partial charge in [0, 0.05) is 0 Å². The van der Waals surface area contributed by atoms with Crippen LogP contribution in [0.25, 0.3) is 6.08 Å². The van der Waals surface area contributed by atoms with Gasteiger partial charge in [-0.2, -0.15) is 0 Å². The topological polar surface area (TPSA) is 0 Å². The van der Waals surface area contributed by atoms with Crippen LogP contribution >= 0.6 is 0 Å². The van der Waals surface area contributed by atoms with Crippen molar-refractivity contribution in [1.29, 1.82) is 0 Å². The average Bonchev–Trinajstić information content (AvgIpc) is 3.17. The Morgan fingerprint density at radius 1 is 1.04 bits per heavy atom. The van der Waals surface area contributed by atoms with Gasteiger partial charge >= 0.3 is 181 Å². The SMILES string of the molecule is CCC1=[C]([Hf]([CH3])[CH3])C2=CC=CC(=[Si](C)C)C(C)C2=C1C1C=Cc2ccccc21. The molecule has 0 heterocycles. The second-order valence-electron chi connectivity index (χ2n) is 8.62.